The summed E-state index contributed by atoms with van der Waals surface area (Å²) in [7, 11) is 0. The number of fused-ring (bicyclic) bond motifs is 1. The van der Waals surface area contributed by atoms with Crippen LogP contribution < -0.4 is 0 Å². The molecule has 3 rings (SSSR count). The Kier molecular flexibility index (Phi) is 4.78. The lowest BCUT2D eigenvalue weighted by molar-refractivity contribution is -0.0197. The van der Waals surface area contributed by atoms with Crippen molar-refractivity contribution in [1.82, 2.24) is 4.90 Å². The van der Waals surface area contributed by atoms with Gasteiger partial charge >= 0.3 is 0 Å². The molecular weight excluding hydrogens is 310 g/mol. The zero-order chi connectivity index (χ0) is 18.0. The van der Waals surface area contributed by atoms with E-state index in [1.54, 1.807) is 11.8 Å². The summed E-state index contributed by atoms with van der Waals surface area (Å²) in [6, 6.07) is 17.5. The highest BCUT2D eigenvalue weighted by atomic mass is 16.3. The summed E-state index contributed by atoms with van der Waals surface area (Å²) in [4.78, 5) is 14.4. The Labute approximate surface area is 149 Å². The molecule has 130 valence electrons. The van der Waals surface area contributed by atoms with Crippen LogP contribution in [0.4, 0.5) is 0 Å². The van der Waals surface area contributed by atoms with Gasteiger partial charge in [0.05, 0.1) is 11.6 Å². The van der Waals surface area contributed by atoms with Gasteiger partial charge in [-0.1, -0.05) is 60.7 Å². The van der Waals surface area contributed by atoms with E-state index in [2.05, 4.69) is 18.7 Å². The average molecular weight is 335 g/mol. The molecule has 1 amide bonds. The molecule has 2 atom stereocenters. The maximum atomic E-state index is 12.7. The van der Waals surface area contributed by atoms with Crippen molar-refractivity contribution >= 4 is 5.91 Å². The van der Waals surface area contributed by atoms with Gasteiger partial charge in [0.25, 0.3) is 5.91 Å². The van der Waals surface area contributed by atoms with Crippen LogP contribution in [0.5, 0.6) is 0 Å². The Hall–Kier alpha value is -2.39. The minimum Gasteiger partial charge on any atom is -0.388 e. The first-order valence-electron chi connectivity index (χ1n) is 8.70. The number of amides is 1. The number of benzene rings is 2. The smallest absolute Gasteiger partial charge is 0.254 e. The second kappa shape index (κ2) is 6.85. The molecule has 0 radical (unpaired) electrons. The number of hydrogen-bond donors (Lipinski definition) is 1. The minimum absolute atomic E-state index is 0.00273. The number of carbonyl (C=O) groups excluding carboxylic acids is 1. The van der Waals surface area contributed by atoms with Gasteiger partial charge in [0, 0.05) is 12.1 Å². The molecule has 3 nitrogen and oxygen atoms in total. The molecule has 1 N–H and O–H groups in total. The summed E-state index contributed by atoms with van der Waals surface area (Å²) in [5.74, 6) is -0.00273. The van der Waals surface area contributed by atoms with Crippen LogP contribution in [-0.4, -0.2) is 27.6 Å². The van der Waals surface area contributed by atoms with Gasteiger partial charge in [-0.05, 0) is 43.9 Å². The molecule has 1 aliphatic heterocycles. The van der Waals surface area contributed by atoms with Gasteiger partial charge in [-0.25, -0.2) is 0 Å². The number of nitrogens with zero attached hydrogens (tertiary/aromatic N) is 1. The Morgan fingerprint density at radius 3 is 2.52 bits per heavy atom. The quantitative estimate of drug-likeness (QED) is 0.812. The van der Waals surface area contributed by atoms with E-state index < -0.39 is 5.60 Å². The lowest BCUT2D eigenvalue weighted by atomic mass is 9.87. The molecule has 0 saturated heterocycles. The number of rotatable bonds is 6. The maximum absolute atomic E-state index is 12.7. The normalized spacial score (nSPS) is 17.1. The molecule has 0 aliphatic carbocycles. The SMILES string of the molecule is C=C(Cc1ccccc1)C[C@](C)(O)[C@@H](C)N1Cc2ccccc2C1=O. The van der Waals surface area contributed by atoms with Gasteiger partial charge in [-0.3, -0.25) is 4.79 Å². The Balaban J connectivity index is 1.68. The second-order valence-electron chi connectivity index (χ2n) is 7.21. The van der Waals surface area contributed by atoms with Crippen LogP contribution >= 0.6 is 0 Å². The summed E-state index contributed by atoms with van der Waals surface area (Å²) in [6.45, 7) is 8.40. The molecule has 3 heteroatoms. The zero-order valence-corrected chi connectivity index (χ0v) is 14.9. The molecule has 0 spiro atoms. The predicted molar refractivity (Wildman–Crippen MR) is 100 cm³/mol. The molecule has 1 aliphatic rings. The van der Waals surface area contributed by atoms with E-state index in [1.165, 1.54) is 5.56 Å². The third-order valence-electron chi connectivity index (χ3n) is 5.12. The maximum Gasteiger partial charge on any atom is 0.254 e. The lowest BCUT2D eigenvalue weighted by Gasteiger charge is -2.37. The van der Waals surface area contributed by atoms with Crippen molar-refractivity contribution in [2.24, 2.45) is 0 Å². The average Bonchev–Trinajstić information content (AvgIpc) is 2.91. The van der Waals surface area contributed by atoms with Gasteiger partial charge in [0.1, 0.15) is 0 Å². The molecule has 0 unspecified atom stereocenters. The fourth-order valence-electron chi connectivity index (χ4n) is 3.53. The summed E-state index contributed by atoms with van der Waals surface area (Å²) < 4.78 is 0. The van der Waals surface area contributed by atoms with Crippen molar-refractivity contribution in [3.8, 4) is 0 Å². The minimum atomic E-state index is -1.02. The Morgan fingerprint density at radius 1 is 1.20 bits per heavy atom. The third-order valence-corrected chi connectivity index (χ3v) is 5.12. The monoisotopic (exact) mass is 335 g/mol. The van der Waals surface area contributed by atoms with Crippen molar-refractivity contribution in [1.29, 1.82) is 0 Å². The number of hydrogen-bond acceptors (Lipinski definition) is 2. The van der Waals surface area contributed by atoms with E-state index in [1.807, 2.05) is 49.4 Å². The molecule has 2 aromatic rings. The topological polar surface area (TPSA) is 40.5 Å². The highest BCUT2D eigenvalue weighted by Crippen LogP contribution is 2.31. The van der Waals surface area contributed by atoms with Gasteiger partial charge < -0.3 is 10.0 Å². The van der Waals surface area contributed by atoms with Crippen molar-refractivity contribution in [3.63, 3.8) is 0 Å². The highest BCUT2D eigenvalue weighted by molar-refractivity contribution is 5.98. The van der Waals surface area contributed by atoms with Gasteiger partial charge in [-0.15, -0.1) is 0 Å². The first-order chi connectivity index (χ1) is 11.9. The summed E-state index contributed by atoms with van der Waals surface area (Å²) in [5, 5.41) is 11.0. The third kappa shape index (κ3) is 3.67. The van der Waals surface area contributed by atoms with Crippen molar-refractivity contribution < 1.29 is 9.90 Å². The van der Waals surface area contributed by atoms with Gasteiger partial charge in [0.15, 0.2) is 0 Å². The van der Waals surface area contributed by atoms with E-state index in [0.717, 1.165) is 23.1 Å². The Bertz CT molecular complexity index is 780. The molecule has 0 aromatic heterocycles. The summed E-state index contributed by atoms with van der Waals surface area (Å²) >= 11 is 0. The second-order valence-corrected chi connectivity index (χ2v) is 7.21. The van der Waals surface area contributed by atoms with Crippen LogP contribution in [0.15, 0.2) is 66.7 Å². The van der Waals surface area contributed by atoms with Crippen molar-refractivity contribution in [2.75, 3.05) is 0 Å². The van der Waals surface area contributed by atoms with Crippen LogP contribution in [-0.2, 0) is 13.0 Å². The highest BCUT2D eigenvalue weighted by Gasteiger charge is 2.39. The van der Waals surface area contributed by atoms with Gasteiger partial charge in [0.2, 0.25) is 0 Å². The Morgan fingerprint density at radius 2 is 1.84 bits per heavy atom. The zero-order valence-electron chi connectivity index (χ0n) is 14.9. The standard InChI is InChI=1S/C22H25NO2/c1-16(13-18-9-5-4-6-10-18)14-22(3,25)17(2)23-15-19-11-7-8-12-20(19)21(23)24/h4-12,17,25H,1,13-15H2,2-3H3/t17-,22+/m1/s1. The predicted octanol–water partition coefficient (Wildman–Crippen LogP) is 3.97. The first-order valence-corrected chi connectivity index (χ1v) is 8.70. The summed E-state index contributed by atoms with van der Waals surface area (Å²) in [5.41, 5.74) is 2.89. The molecule has 1 heterocycles. The van der Waals surface area contributed by atoms with Crippen molar-refractivity contribution in [2.45, 2.75) is 44.9 Å². The lowest BCUT2D eigenvalue weighted by Crippen LogP contribution is -2.49. The largest absolute Gasteiger partial charge is 0.388 e. The van der Waals surface area contributed by atoms with Crippen LogP contribution in [0, 0.1) is 0 Å². The van der Waals surface area contributed by atoms with Crippen LogP contribution in [0.3, 0.4) is 0 Å². The number of aliphatic hydroxyl groups is 1. The fraction of sp³-hybridized carbons (Fsp3) is 0.318. The fourth-order valence-corrected chi connectivity index (χ4v) is 3.53. The molecular formula is C22H25NO2. The van der Waals surface area contributed by atoms with E-state index in [9.17, 15) is 9.90 Å². The van der Waals surface area contributed by atoms with Crippen LogP contribution in [0.2, 0.25) is 0 Å². The van der Waals surface area contributed by atoms with E-state index in [0.29, 0.717) is 13.0 Å². The summed E-state index contributed by atoms with van der Waals surface area (Å²) in [6.07, 6.45) is 1.20. The molecule has 0 saturated carbocycles. The van der Waals surface area contributed by atoms with E-state index in [-0.39, 0.29) is 11.9 Å². The van der Waals surface area contributed by atoms with E-state index in [4.69, 9.17) is 0 Å². The molecule has 0 bridgehead atoms. The molecule has 25 heavy (non-hydrogen) atoms. The first kappa shape index (κ1) is 17.4. The van der Waals surface area contributed by atoms with Crippen LogP contribution in [0.25, 0.3) is 0 Å². The van der Waals surface area contributed by atoms with E-state index >= 15 is 0 Å². The molecule has 2 aromatic carbocycles. The van der Waals surface area contributed by atoms with Crippen molar-refractivity contribution in [3.05, 3.63) is 83.4 Å². The van der Waals surface area contributed by atoms with Gasteiger partial charge in [-0.2, -0.15) is 0 Å². The number of carbonyl (C=O) groups is 1. The molecule has 0 fully saturated rings. The van der Waals surface area contributed by atoms with Crippen LogP contribution in [0.1, 0.15) is 41.8 Å².